The lowest BCUT2D eigenvalue weighted by atomic mass is 9.84. The van der Waals surface area contributed by atoms with Gasteiger partial charge in [0, 0.05) is 30.5 Å². The number of nitrogens with zero attached hydrogens (tertiary/aromatic N) is 1. The van der Waals surface area contributed by atoms with Crippen LogP contribution in [-0.2, 0) is 23.9 Å². The van der Waals surface area contributed by atoms with Crippen molar-refractivity contribution < 1.29 is 44.0 Å². The average molecular weight is 531 g/mol. The van der Waals surface area contributed by atoms with Crippen molar-refractivity contribution in [2.75, 3.05) is 7.05 Å². The molecule has 2 fully saturated rings. The molecule has 4 N–H and O–H groups in total. The van der Waals surface area contributed by atoms with Crippen LogP contribution in [0.4, 0.5) is 4.79 Å². The van der Waals surface area contributed by atoms with Gasteiger partial charge in [-0.15, -0.1) is 0 Å². The third-order valence-electron chi connectivity index (χ3n) is 7.95. The zero-order valence-electron chi connectivity index (χ0n) is 22.1. The third-order valence-corrected chi connectivity index (χ3v) is 7.95. The Morgan fingerprint density at radius 3 is 2.53 bits per heavy atom. The largest absolute Gasteiger partial charge is 0.446 e. The summed E-state index contributed by atoms with van der Waals surface area (Å²) in [5.74, 6) is -1.94. The minimum absolute atomic E-state index is 0.0397. The molecule has 0 aromatic heterocycles. The molecule has 0 saturated carbocycles. The molecule has 4 bridgehead atoms. The van der Waals surface area contributed by atoms with Crippen molar-refractivity contribution in [1.82, 2.24) is 10.2 Å². The fourth-order valence-corrected chi connectivity index (χ4v) is 5.34. The molecule has 11 nitrogen and oxygen atoms in total. The number of Topliss-reactive ketones (excluding diaryl/α,β-unsaturated/α-hetero) is 1. The van der Waals surface area contributed by atoms with Gasteiger partial charge >= 0.3 is 6.09 Å². The number of likely N-dealkylation sites (N-methyl/N-ethyl adjacent to an activating group) is 1. The molecule has 0 aromatic carbocycles. The number of aliphatic hydroxyl groups is 3. The molecule has 3 aliphatic heterocycles. The van der Waals surface area contributed by atoms with Gasteiger partial charge in [-0.05, 0) is 33.3 Å². The van der Waals surface area contributed by atoms with Gasteiger partial charge in [-0.1, -0.05) is 30.7 Å². The van der Waals surface area contributed by atoms with Crippen molar-refractivity contribution in [3.05, 3.63) is 46.7 Å². The van der Waals surface area contributed by atoms with E-state index in [1.54, 1.807) is 26.8 Å². The molecule has 1 aliphatic carbocycles. The highest BCUT2D eigenvalue weighted by atomic mass is 16.6. The van der Waals surface area contributed by atoms with Crippen LogP contribution in [0.2, 0.25) is 0 Å². The van der Waals surface area contributed by atoms with Crippen molar-refractivity contribution in [2.24, 2.45) is 5.92 Å². The Morgan fingerprint density at radius 1 is 1.16 bits per heavy atom. The van der Waals surface area contributed by atoms with Crippen LogP contribution in [0.5, 0.6) is 0 Å². The van der Waals surface area contributed by atoms with Gasteiger partial charge in [0.05, 0.1) is 24.3 Å². The Balaban J connectivity index is 1.71. The second kappa shape index (κ2) is 9.88. The van der Waals surface area contributed by atoms with Crippen LogP contribution in [0.3, 0.4) is 0 Å². The molecule has 0 spiro atoms. The van der Waals surface area contributed by atoms with Crippen molar-refractivity contribution in [3.8, 4) is 0 Å². The van der Waals surface area contributed by atoms with E-state index in [0.29, 0.717) is 5.57 Å². The number of ketones is 2. The summed E-state index contributed by atoms with van der Waals surface area (Å²) in [6.07, 6.45) is 0.0673. The van der Waals surface area contributed by atoms with Crippen LogP contribution in [0.15, 0.2) is 46.7 Å². The minimum atomic E-state index is -2.02. The maximum absolute atomic E-state index is 13.3. The number of epoxide rings is 1. The van der Waals surface area contributed by atoms with Gasteiger partial charge in [0.15, 0.2) is 11.5 Å². The molecule has 4 rings (SSSR count). The van der Waals surface area contributed by atoms with E-state index in [-0.39, 0.29) is 36.1 Å². The fourth-order valence-electron chi connectivity index (χ4n) is 5.34. The highest BCUT2D eigenvalue weighted by Gasteiger charge is 2.62. The Hall–Kier alpha value is -3.12. The summed E-state index contributed by atoms with van der Waals surface area (Å²) in [5.41, 5.74) is -2.22. The molecule has 0 aromatic rings. The number of hydrogen-bond acceptors (Lipinski definition) is 9. The fraction of sp³-hybridized carbons (Fsp3) is 0.556. The Kier molecular flexibility index (Phi) is 7.26. The van der Waals surface area contributed by atoms with E-state index in [2.05, 4.69) is 5.32 Å². The second-order valence-corrected chi connectivity index (χ2v) is 10.8. The molecule has 7 unspecified atom stereocenters. The number of ether oxygens (including phenoxy) is 2. The van der Waals surface area contributed by atoms with Crippen LogP contribution in [0.1, 0.15) is 47.0 Å². The number of allylic oxidation sites excluding steroid dienone is 6. The van der Waals surface area contributed by atoms with Crippen molar-refractivity contribution in [3.63, 3.8) is 0 Å². The number of carbonyl (C=O) groups is 4. The number of aliphatic hydroxyl groups excluding tert-OH is 2. The maximum atomic E-state index is 13.3. The summed E-state index contributed by atoms with van der Waals surface area (Å²) in [7, 11) is 1.39. The zero-order valence-corrected chi connectivity index (χ0v) is 22.1. The van der Waals surface area contributed by atoms with E-state index in [0.717, 1.165) is 4.90 Å². The van der Waals surface area contributed by atoms with Crippen molar-refractivity contribution in [2.45, 2.75) is 82.7 Å². The molecular weight excluding hydrogens is 496 g/mol. The number of amides is 2. The zero-order chi connectivity index (χ0) is 28.2. The lowest BCUT2D eigenvalue weighted by molar-refractivity contribution is -0.133. The predicted octanol–water partition coefficient (Wildman–Crippen LogP) is 0.796. The quantitative estimate of drug-likeness (QED) is 0.262. The van der Waals surface area contributed by atoms with E-state index < -0.39 is 65.2 Å². The molecular formula is C27H34N2O9. The molecule has 7 atom stereocenters. The first-order valence-corrected chi connectivity index (χ1v) is 12.5. The van der Waals surface area contributed by atoms with Gasteiger partial charge in [0.2, 0.25) is 11.7 Å². The van der Waals surface area contributed by atoms with Crippen LogP contribution in [0, 0.1) is 5.92 Å². The standard InChI is InChI=1S/C27H34N2O9/c1-13-7-6-8-19(31)27(36)12-18(37-25(35)28-27)15(3)24-26(4,38-24)20(32)11-21(33)29(5)22-14(2)17(30)10-16(9-13)23(22)34/h6-8,10,15,18-20,24,31-32,36H,9,11-12H2,1-5H3,(H,28,35)/b8-6+,13-7+. The summed E-state index contributed by atoms with van der Waals surface area (Å²) in [6, 6.07) is 0. The molecule has 4 aliphatic rings. The lowest BCUT2D eigenvalue weighted by Gasteiger charge is -2.41. The Labute approximate surface area is 220 Å². The third kappa shape index (κ3) is 4.98. The SMILES string of the molecule is CC1=C2C(=O)C(=CC1=O)C/C(C)=C/C=C/C(O)C1(O)CC(OC(=O)N1)C(C)C1OC1(C)C(O)CC(=O)N2C. The Bertz CT molecular complexity index is 1200. The van der Waals surface area contributed by atoms with Gasteiger partial charge in [-0.3, -0.25) is 19.7 Å². The summed E-state index contributed by atoms with van der Waals surface area (Å²) < 4.78 is 11.2. The summed E-state index contributed by atoms with van der Waals surface area (Å²) in [4.78, 5) is 52.5. The molecule has 206 valence electrons. The van der Waals surface area contributed by atoms with E-state index in [4.69, 9.17) is 9.47 Å². The normalized spacial score (nSPS) is 40.9. The number of fused-ring (bicyclic) bond motifs is 5. The number of alkyl carbamates (subject to hydrolysis) is 1. The number of hydrogen-bond donors (Lipinski definition) is 4. The van der Waals surface area contributed by atoms with Gasteiger partial charge < -0.3 is 29.7 Å². The van der Waals surface area contributed by atoms with Crippen LogP contribution in [0.25, 0.3) is 0 Å². The summed E-state index contributed by atoms with van der Waals surface area (Å²) in [5, 5.41) is 35.0. The highest BCUT2D eigenvalue weighted by molar-refractivity contribution is 6.23. The average Bonchev–Trinajstić information content (AvgIpc) is 3.53. The lowest BCUT2D eigenvalue weighted by Crippen LogP contribution is -2.63. The molecule has 2 saturated heterocycles. The first-order chi connectivity index (χ1) is 17.7. The first-order valence-electron chi connectivity index (χ1n) is 12.5. The van der Waals surface area contributed by atoms with Crippen LogP contribution >= 0.6 is 0 Å². The molecule has 38 heavy (non-hydrogen) atoms. The predicted molar refractivity (Wildman–Crippen MR) is 133 cm³/mol. The molecule has 11 heteroatoms. The molecule has 3 heterocycles. The Morgan fingerprint density at radius 2 is 1.84 bits per heavy atom. The van der Waals surface area contributed by atoms with E-state index in [9.17, 15) is 34.5 Å². The van der Waals surface area contributed by atoms with Gasteiger partial charge in [-0.2, -0.15) is 0 Å². The van der Waals surface area contributed by atoms with Crippen LogP contribution in [-0.4, -0.2) is 86.6 Å². The van der Waals surface area contributed by atoms with Gasteiger partial charge in [0.25, 0.3) is 0 Å². The van der Waals surface area contributed by atoms with Crippen molar-refractivity contribution in [1.29, 1.82) is 0 Å². The number of rotatable bonds is 0. The van der Waals surface area contributed by atoms with E-state index in [1.807, 2.05) is 0 Å². The van der Waals surface area contributed by atoms with Gasteiger partial charge in [-0.25, -0.2) is 4.79 Å². The first kappa shape index (κ1) is 27.9. The molecule has 2 amide bonds. The number of carbonyl (C=O) groups excluding carboxylic acids is 4. The monoisotopic (exact) mass is 530 g/mol. The van der Waals surface area contributed by atoms with Crippen molar-refractivity contribution >= 4 is 23.6 Å². The minimum Gasteiger partial charge on any atom is -0.446 e. The maximum Gasteiger partial charge on any atom is 0.409 e. The van der Waals surface area contributed by atoms with E-state index in [1.165, 1.54) is 32.2 Å². The number of nitrogens with one attached hydrogen (secondary N) is 1. The molecule has 0 radical (unpaired) electrons. The second-order valence-electron chi connectivity index (χ2n) is 10.8. The summed E-state index contributed by atoms with van der Waals surface area (Å²) in [6.45, 7) is 6.55. The summed E-state index contributed by atoms with van der Waals surface area (Å²) >= 11 is 0. The smallest absolute Gasteiger partial charge is 0.409 e. The van der Waals surface area contributed by atoms with Gasteiger partial charge in [0.1, 0.15) is 17.8 Å². The topological polar surface area (TPSA) is 166 Å². The van der Waals surface area contributed by atoms with E-state index >= 15 is 0 Å². The van der Waals surface area contributed by atoms with Crippen LogP contribution < -0.4 is 5.32 Å². The highest BCUT2D eigenvalue weighted by Crippen LogP contribution is 2.47.